The molecule has 118 valence electrons. The minimum Gasteiger partial charge on any atom is -0.376 e. The van der Waals surface area contributed by atoms with Crippen LogP contribution in [0.2, 0.25) is 0 Å². The van der Waals surface area contributed by atoms with Crippen LogP contribution in [0.15, 0.2) is 4.99 Å². The minimum atomic E-state index is -0.0749. The first kappa shape index (κ1) is 18.0. The molecule has 0 aromatic carbocycles. The molecule has 0 aliphatic heterocycles. The summed E-state index contributed by atoms with van der Waals surface area (Å²) >= 11 is 0. The number of aliphatic imine (C=N–C) groups is 1. The summed E-state index contributed by atoms with van der Waals surface area (Å²) in [6.45, 7) is 3.01. The van der Waals surface area contributed by atoms with Crippen LogP contribution in [0.3, 0.4) is 0 Å². The number of methoxy groups -OCH3 is 1. The van der Waals surface area contributed by atoms with E-state index >= 15 is 0 Å². The summed E-state index contributed by atoms with van der Waals surface area (Å²) in [6, 6.07) is 0.536. The van der Waals surface area contributed by atoms with Crippen molar-refractivity contribution in [2.75, 3.05) is 13.7 Å². The first-order chi connectivity index (χ1) is 9.13. The molecular weight excluding hydrogens is 365 g/mol. The number of nitrogens with two attached hydrogens (primary N) is 1. The van der Waals surface area contributed by atoms with Gasteiger partial charge in [0.2, 0.25) is 0 Å². The maximum absolute atomic E-state index is 5.99. The molecule has 5 heteroatoms. The Kier molecular flexibility index (Phi) is 7.58. The Morgan fingerprint density at radius 2 is 1.85 bits per heavy atom. The third-order valence-corrected chi connectivity index (χ3v) is 4.86. The van der Waals surface area contributed by atoms with E-state index in [-0.39, 0.29) is 29.6 Å². The molecule has 2 aliphatic rings. The van der Waals surface area contributed by atoms with Gasteiger partial charge in [0, 0.05) is 13.2 Å². The molecule has 4 nitrogen and oxygen atoms in total. The van der Waals surface area contributed by atoms with Gasteiger partial charge in [-0.05, 0) is 44.4 Å². The van der Waals surface area contributed by atoms with Gasteiger partial charge in [-0.1, -0.05) is 19.8 Å². The molecule has 0 saturated heterocycles. The number of nitrogens with zero attached hydrogens (tertiary/aromatic N) is 1. The highest BCUT2D eigenvalue weighted by Gasteiger charge is 2.34. The number of hydrogen-bond acceptors (Lipinski definition) is 2. The van der Waals surface area contributed by atoms with E-state index in [9.17, 15) is 0 Å². The van der Waals surface area contributed by atoms with Crippen molar-refractivity contribution in [2.45, 2.75) is 69.9 Å². The highest BCUT2D eigenvalue weighted by Crippen LogP contribution is 2.34. The first-order valence-corrected chi connectivity index (χ1v) is 7.75. The van der Waals surface area contributed by atoms with Crippen molar-refractivity contribution in [3.63, 3.8) is 0 Å². The van der Waals surface area contributed by atoms with E-state index in [1.807, 2.05) is 7.11 Å². The standard InChI is InChI=1S/C15H29N3O.HI/c1-12-7-9-15(19-2,10-8-12)11-17-14(16)18-13-5-3-4-6-13;/h12-13H,3-11H2,1-2H3,(H3,16,17,18);1H. The molecule has 0 unspecified atom stereocenters. The Labute approximate surface area is 140 Å². The zero-order valence-electron chi connectivity index (χ0n) is 12.9. The normalized spacial score (nSPS) is 31.9. The molecule has 0 radical (unpaired) electrons. The quantitative estimate of drug-likeness (QED) is 0.437. The van der Waals surface area contributed by atoms with Gasteiger partial charge in [-0.2, -0.15) is 0 Å². The zero-order chi connectivity index (χ0) is 13.7. The maximum Gasteiger partial charge on any atom is 0.188 e. The number of hydrogen-bond donors (Lipinski definition) is 2. The summed E-state index contributed by atoms with van der Waals surface area (Å²) in [5.41, 5.74) is 5.92. The van der Waals surface area contributed by atoms with Crippen LogP contribution in [0, 0.1) is 5.92 Å². The molecule has 2 rings (SSSR count). The Morgan fingerprint density at radius 3 is 2.40 bits per heavy atom. The number of guanidine groups is 1. The lowest BCUT2D eigenvalue weighted by molar-refractivity contribution is -0.0394. The number of ether oxygens (including phenoxy) is 1. The van der Waals surface area contributed by atoms with Gasteiger partial charge in [0.25, 0.3) is 0 Å². The molecule has 3 N–H and O–H groups in total. The predicted molar refractivity (Wildman–Crippen MR) is 94.7 cm³/mol. The van der Waals surface area contributed by atoms with Gasteiger partial charge in [-0.3, -0.25) is 4.99 Å². The maximum atomic E-state index is 5.99. The van der Waals surface area contributed by atoms with Gasteiger partial charge in [0.15, 0.2) is 5.96 Å². The van der Waals surface area contributed by atoms with Crippen LogP contribution in [-0.2, 0) is 4.74 Å². The summed E-state index contributed by atoms with van der Waals surface area (Å²) in [5.74, 6) is 1.42. The highest BCUT2D eigenvalue weighted by atomic mass is 127. The first-order valence-electron chi connectivity index (χ1n) is 7.75. The molecule has 0 heterocycles. The van der Waals surface area contributed by atoms with Gasteiger partial charge in [-0.25, -0.2) is 0 Å². The van der Waals surface area contributed by atoms with Crippen LogP contribution in [0.4, 0.5) is 0 Å². The smallest absolute Gasteiger partial charge is 0.188 e. The molecule has 0 bridgehead atoms. The fourth-order valence-electron chi connectivity index (χ4n) is 3.27. The van der Waals surface area contributed by atoms with Gasteiger partial charge in [0.1, 0.15) is 0 Å². The highest BCUT2D eigenvalue weighted by molar-refractivity contribution is 14.0. The molecule has 2 saturated carbocycles. The second kappa shape index (κ2) is 8.41. The van der Waals surface area contributed by atoms with Crippen molar-refractivity contribution in [1.82, 2.24) is 5.32 Å². The Morgan fingerprint density at radius 1 is 1.25 bits per heavy atom. The van der Waals surface area contributed by atoms with Crippen molar-refractivity contribution >= 4 is 29.9 Å². The number of rotatable bonds is 4. The third kappa shape index (κ3) is 5.06. The largest absolute Gasteiger partial charge is 0.376 e. The zero-order valence-corrected chi connectivity index (χ0v) is 15.2. The Hall–Kier alpha value is -0.0400. The second-order valence-corrected chi connectivity index (χ2v) is 6.40. The summed E-state index contributed by atoms with van der Waals surface area (Å²) in [5, 5.41) is 3.34. The van der Waals surface area contributed by atoms with E-state index in [0.717, 1.165) is 18.8 Å². The van der Waals surface area contributed by atoms with Crippen LogP contribution < -0.4 is 11.1 Å². The van der Waals surface area contributed by atoms with E-state index in [4.69, 9.17) is 10.5 Å². The van der Waals surface area contributed by atoms with Crippen molar-refractivity contribution in [2.24, 2.45) is 16.6 Å². The topological polar surface area (TPSA) is 59.6 Å². The third-order valence-electron chi connectivity index (χ3n) is 4.86. The van der Waals surface area contributed by atoms with E-state index in [1.165, 1.54) is 38.5 Å². The molecule has 0 aromatic rings. The van der Waals surface area contributed by atoms with Crippen molar-refractivity contribution < 1.29 is 4.74 Å². The van der Waals surface area contributed by atoms with Crippen LogP contribution in [-0.4, -0.2) is 31.3 Å². The number of halogens is 1. The molecular formula is C15H30IN3O. The van der Waals surface area contributed by atoms with E-state index < -0.39 is 0 Å². The average molecular weight is 395 g/mol. The fraction of sp³-hybridized carbons (Fsp3) is 0.933. The monoisotopic (exact) mass is 395 g/mol. The molecule has 2 fully saturated rings. The average Bonchev–Trinajstić information content (AvgIpc) is 2.92. The molecule has 2 aliphatic carbocycles. The summed E-state index contributed by atoms with van der Waals surface area (Å²) in [7, 11) is 1.81. The molecule has 0 atom stereocenters. The summed E-state index contributed by atoms with van der Waals surface area (Å²) in [6.07, 6.45) is 9.75. The van der Waals surface area contributed by atoms with Gasteiger partial charge in [-0.15, -0.1) is 24.0 Å². The van der Waals surface area contributed by atoms with Crippen LogP contribution in [0.1, 0.15) is 58.3 Å². The van der Waals surface area contributed by atoms with E-state index in [2.05, 4.69) is 17.2 Å². The van der Waals surface area contributed by atoms with Gasteiger partial charge in [0.05, 0.1) is 12.1 Å². The van der Waals surface area contributed by atoms with Gasteiger partial charge >= 0.3 is 0 Å². The molecule has 0 aromatic heterocycles. The Bertz CT molecular complexity index is 308. The van der Waals surface area contributed by atoms with E-state index in [1.54, 1.807) is 0 Å². The second-order valence-electron chi connectivity index (χ2n) is 6.40. The SMILES string of the molecule is COC1(CN=C(N)NC2CCCC2)CCC(C)CC1.I. The Balaban J connectivity index is 0.00000200. The van der Waals surface area contributed by atoms with Crippen molar-refractivity contribution in [3.8, 4) is 0 Å². The van der Waals surface area contributed by atoms with E-state index in [0.29, 0.717) is 18.5 Å². The number of nitrogens with one attached hydrogen (secondary N) is 1. The fourth-order valence-corrected chi connectivity index (χ4v) is 3.27. The van der Waals surface area contributed by atoms with Crippen LogP contribution in [0.5, 0.6) is 0 Å². The summed E-state index contributed by atoms with van der Waals surface area (Å²) in [4.78, 5) is 4.54. The van der Waals surface area contributed by atoms with Crippen LogP contribution in [0.25, 0.3) is 0 Å². The molecule has 20 heavy (non-hydrogen) atoms. The van der Waals surface area contributed by atoms with Gasteiger partial charge < -0.3 is 15.8 Å². The van der Waals surface area contributed by atoms with Crippen LogP contribution >= 0.6 is 24.0 Å². The lowest BCUT2D eigenvalue weighted by atomic mass is 9.79. The predicted octanol–water partition coefficient (Wildman–Crippen LogP) is 3.05. The minimum absolute atomic E-state index is 0. The van der Waals surface area contributed by atoms with Crippen molar-refractivity contribution in [1.29, 1.82) is 0 Å². The van der Waals surface area contributed by atoms with Crippen molar-refractivity contribution in [3.05, 3.63) is 0 Å². The lowest BCUT2D eigenvalue weighted by Crippen LogP contribution is -2.42. The molecule has 0 spiro atoms. The molecule has 0 amide bonds. The lowest BCUT2D eigenvalue weighted by Gasteiger charge is -2.37. The summed E-state index contributed by atoms with van der Waals surface area (Å²) < 4.78 is 5.76.